The van der Waals surface area contributed by atoms with Gasteiger partial charge in [-0.1, -0.05) is 12.1 Å². The number of aromatic nitrogens is 2. The summed E-state index contributed by atoms with van der Waals surface area (Å²) >= 11 is 0. The SMILES string of the molecule is Cc1ccc(-n2nc(N3CCN(C(=O)c4ccc(C)c(F)c4)CC3)ccc2=O)cc1C. The van der Waals surface area contributed by atoms with Crippen LogP contribution in [0.15, 0.2) is 53.3 Å². The Bertz CT molecular complexity index is 1200. The quantitative estimate of drug-likeness (QED) is 0.653. The van der Waals surface area contributed by atoms with E-state index in [0.717, 1.165) is 16.8 Å². The molecule has 2 heterocycles. The fourth-order valence-electron chi connectivity index (χ4n) is 3.66. The maximum absolute atomic E-state index is 13.8. The highest BCUT2D eigenvalue weighted by atomic mass is 19.1. The molecule has 1 amide bonds. The van der Waals surface area contributed by atoms with Gasteiger partial charge in [0.1, 0.15) is 11.6 Å². The van der Waals surface area contributed by atoms with Gasteiger partial charge in [-0.15, -0.1) is 5.10 Å². The van der Waals surface area contributed by atoms with Crippen molar-refractivity contribution in [3.8, 4) is 5.69 Å². The predicted octanol–water partition coefficient (Wildman–Crippen LogP) is 3.26. The second kappa shape index (κ2) is 8.34. The smallest absolute Gasteiger partial charge is 0.271 e. The fourth-order valence-corrected chi connectivity index (χ4v) is 3.66. The highest BCUT2D eigenvalue weighted by Gasteiger charge is 2.24. The van der Waals surface area contributed by atoms with Crippen LogP contribution in [0.25, 0.3) is 5.69 Å². The average Bonchev–Trinajstić information content (AvgIpc) is 2.77. The Kier molecular flexibility index (Phi) is 5.59. The van der Waals surface area contributed by atoms with E-state index in [2.05, 4.69) is 10.00 Å². The fraction of sp³-hybridized carbons (Fsp3) is 0.292. The van der Waals surface area contributed by atoms with Gasteiger partial charge >= 0.3 is 0 Å². The van der Waals surface area contributed by atoms with Crippen LogP contribution in [0.2, 0.25) is 0 Å². The molecule has 0 saturated carbocycles. The molecule has 7 heteroatoms. The normalized spacial score (nSPS) is 14.1. The van der Waals surface area contributed by atoms with Crippen LogP contribution < -0.4 is 10.5 Å². The van der Waals surface area contributed by atoms with Crippen molar-refractivity contribution in [2.45, 2.75) is 20.8 Å². The third-order valence-electron chi connectivity index (χ3n) is 5.83. The first-order valence-corrected chi connectivity index (χ1v) is 10.3. The van der Waals surface area contributed by atoms with Crippen LogP contribution in [-0.2, 0) is 0 Å². The molecule has 31 heavy (non-hydrogen) atoms. The maximum Gasteiger partial charge on any atom is 0.271 e. The molecular weight excluding hydrogens is 395 g/mol. The molecule has 1 fully saturated rings. The van der Waals surface area contributed by atoms with Crippen LogP contribution >= 0.6 is 0 Å². The van der Waals surface area contributed by atoms with Gasteiger partial charge in [0.2, 0.25) is 0 Å². The number of amides is 1. The Labute approximate surface area is 180 Å². The van der Waals surface area contributed by atoms with Crippen LogP contribution in [0.5, 0.6) is 0 Å². The zero-order valence-corrected chi connectivity index (χ0v) is 17.9. The summed E-state index contributed by atoms with van der Waals surface area (Å²) in [7, 11) is 0. The lowest BCUT2D eigenvalue weighted by molar-refractivity contribution is 0.0746. The molecule has 0 bridgehead atoms. The Hall–Kier alpha value is -3.48. The van der Waals surface area contributed by atoms with Crippen molar-refractivity contribution >= 4 is 11.7 Å². The van der Waals surface area contributed by atoms with Gasteiger partial charge < -0.3 is 9.80 Å². The van der Waals surface area contributed by atoms with Gasteiger partial charge in [-0.05, 0) is 67.8 Å². The second-order valence-corrected chi connectivity index (χ2v) is 7.95. The number of carbonyl (C=O) groups excluding carboxylic acids is 1. The van der Waals surface area contributed by atoms with E-state index in [1.165, 1.54) is 16.8 Å². The molecule has 1 aliphatic rings. The van der Waals surface area contributed by atoms with Crippen molar-refractivity contribution in [2.75, 3.05) is 31.1 Å². The first-order valence-electron chi connectivity index (χ1n) is 10.3. The van der Waals surface area contributed by atoms with Crippen molar-refractivity contribution in [1.82, 2.24) is 14.7 Å². The number of anilines is 1. The van der Waals surface area contributed by atoms with E-state index in [1.807, 2.05) is 32.0 Å². The number of rotatable bonds is 3. The number of carbonyl (C=O) groups is 1. The van der Waals surface area contributed by atoms with Gasteiger partial charge in [0, 0.05) is 37.8 Å². The standard InChI is InChI=1S/C24H25FN4O2/c1-16-5-7-20(14-18(16)3)29-23(30)9-8-22(26-29)27-10-12-28(13-11-27)24(31)19-6-4-17(2)21(25)15-19/h4-9,14-15H,10-13H2,1-3H3. The van der Waals surface area contributed by atoms with Gasteiger partial charge in [-0.3, -0.25) is 9.59 Å². The third-order valence-corrected chi connectivity index (χ3v) is 5.83. The monoisotopic (exact) mass is 420 g/mol. The summed E-state index contributed by atoms with van der Waals surface area (Å²) in [5.74, 6) is 0.139. The van der Waals surface area contributed by atoms with E-state index >= 15 is 0 Å². The van der Waals surface area contributed by atoms with Crippen LogP contribution in [0.3, 0.4) is 0 Å². The lowest BCUT2D eigenvalue weighted by Crippen LogP contribution is -2.49. The first-order chi connectivity index (χ1) is 14.8. The largest absolute Gasteiger partial charge is 0.352 e. The molecule has 6 nitrogen and oxygen atoms in total. The minimum Gasteiger partial charge on any atom is -0.352 e. The number of hydrogen-bond donors (Lipinski definition) is 0. The van der Waals surface area contributed by atoms with Crippen molar-refractivity contribution < 1.29 is 9.18 Å². The summed E-state index contributed by atoms with van der Waals surface area (Å²) in [5.41, 5.74) is 3.66. The van der Waals surface area contributed by atoms with Gasteiger partial charge in [-0.25, -0.2) is 4.39 Å². The summed E-state index contributed by atoms with van der Waals surface area (Å²) in [6.07, 6.45) is 0. The molecule has 0 aliphatic carbocycles. The minimum atomic E-state index is -0.373. The van der Waals surface area contributed by atoms with E-state index in [9.17, 15) is 14.0 Å². The highest BCUT2D eigenvalue weighted by Crippen LogP contribution is 2.17. The molecule has 1 aromatic heterocycles. The molecule has 0 atom stereocenters. The molecular formula is C24H25FN4O2. The third kappa shape index (κ3) is 4.21. The van der Waals surface area contributed by atoms with Gasteiger partial charge in [-0.2, -0.15) is 4.68 Å². The zero-order chi connectivity index (χ0) is 22.1. The van der Waals surface area contributed by atoms with Crippen molar-refractivity contribution in [2.24, 2.45) is 0 Å². The van der Waals surface area contributed by atoms with E-state index in [4.69, 9.17) is 0 Å². The molecule has 0 unspecified atom stereocenters. The summed E-state index contributed by atoms with van der Waals surface area (Å²) in [5, 5.41) is 4.56. The predicted molar refractivity (Wildman–Crippen MR) is 119 cm³/mol. The summed E-state index contributed by atoms with van der Waals surface area (Å²) in [6, 6.07) is 13.6. The van der Waals surface area contributed by atoms with Crippen LogP contribution in [-0.4, -0.2) is 46.8 Å². The Morgan fingerprint density at radius 1 is 0.871 bits per heavy atom. The van der Waals surface area contributed by atoms with Crippen LogP contribution in [0, 0.1) is 26.6 Å². The van der Waals surface area contributed by atoms with E-state index in [-0.39, 0.29) is 17.3 Å². The number of hydrogen-bond acceptors (Lipinski definition) is 4. The zero-order valence-electron chi connectivity index (χ0n) is 17.9. The van der Waals surface area contributed by atoms with Crippen molar-refractivity contribution in [1.29, 1.82) is 0 Å². The molecule has 3 aromatic rings. The molecule has 4 rings (SSSR count). The topological polar surface area (TPSA) is 58.4 Å². The Balaban J connectivity index is 1.50. The highest BCUT2D eigenvalue weighted by molar-refractivity contribution is 5.94. The molecule has 0 N–H and O–H groups in total. The van der Waals surface area contributed by atoms with E-state index in [0.29, 0.717) is 43.1 Å². The average molecular weight is 420 g/mol. The number of benzene rings is 2. The number of halogens is 1. The summed E-state index contributed by atoms with van der Waals surface area (Å²) < 4.78 is 15.2. The van der Waals surface area contributed by atoms with Crippen LogP contribution in [0.4, 0.5) is 10.2 Å². The van der Waals surface area contributed by atoms with Gasteiger partial charge in [0.25, 0.3) is 11.5 Å². The molecule has 0 spiro atoms. The molecule has 1 saturated heterocycles. The lowest BCUT2D eigenvalue weighted by atomic mass is 10.1. The Morgan fingerprint density at radius 3 is 2.26 bits per heavy atom. The summed E-state index contributed by atoms with van der Waals surface area (Å²) in [4.78, 5) is 28.9. The summed E-state index contributed by atoms with van der Waals surface area (Å²) in [6.45, 7) is 7.86. The van der Waals surface area contributed by atoms with E-state index < -0.39 is 0 Å². The first kappa shape index (κ1) is 20.8. The maximum atomic E-state index is 13.8. The molecule has 2 aromatic carbocycles. The van der Waals surface area contributed by atoms with E-state index in [1.54, 1.807) is 30.0 Å². The van der Waals surface area contributed by atoms with Gasteiger partial charge in [0.05, 0.1) is 5.69 Å². The van der Waals surface area contributed by atoms with Crippen molar-refractivity contribution in [3.63, 3.8) is 0 Å². The minimum absolute atomic E-state index is 0.174. The molecule has 1 aliphatic heterocycles. The number of nitrogens with zero attached hydrogens (tertiary/aromatic N) is 4. The molecule has 160 valence electrons. The van der Waals surface area contributed by atoms with Gasteiger partial charge in [0.15, 0.2) is 0 Å². The number of piperazine rings is 1. The van der Waals surface area contributed by atoms with Crippen LogP contribution in [0.1, 0.15) is 27.0 Å². The Morgan fingerprint density at radius 2 is 1.58 bits per heavy atom. The molecule has 0 radical (unpaired) electrons. The lowest BCUT2D eigenvalue weighted by Gasteiger charge is -2.35. The van der Waals surface area contributed by atoms with Crippen molar-refractivity contribution in [3.05, 3.63) is 87.0 Å². The second-order valence-electron chi connectivity index (χ2n) is 7.95. The number of aryl methyl sites for hydroxylation is 3.